The third kappa shape index (κ3) is 3.15. The minimum absolute atomic E-state index is 0.0998. The summed E-state index contributed by atoms with van der Waals surface area (Å²) in [7, 11) is 0. The standard InChI is InChI=1S/C18H18ClFN4/c1-2-24(14-7-16(19)15(9-21)17(20)8-14)13-5-3-4-12(6-13)18-10-22-11-23-18/h4,7-8,10-11,13H,2-3,5-6H2,1H3,(H,22,23). The molecule has 1 aromatic carbocycles. The summed E-state index contributed by atoms with van der Waals surface area (Å²) >= 11 is 6.07. The molecule has 6 heteroatoms. The Bertz CT molecular complexity index is 769. The van der Waals surface area contributed by atoms with E-state index >= 15 is 0 Å². The number of aromatic nitrogens is 2. The average Bonchev–Trinajstić information content (AvgIpc) is 3.10. The van der Waals surface area contributed by atoms with E-state index in [1.165, 1.54) is 11.6 Å². The topological polar surface area (TPSA) is 55.7 Å². The highest BCUT2D eigenvalue weighted by Crippen LogP contribution is 2.33. The van der Waals surface area contributed by atoms with Gasteiger partial charge >= 0.3 is 0 Å². The molecule has 0 saturated carbocycles. The summed E-state index contributed by atoms with van der Waals surface area (Å²) in [6.45, 7) is 2.77. The molecule has 4 nitrogen and oxygen atoms in total. The monoisotopic (exact) mass is 344 g/mol. The minimum atomic E-state index is -0.572. The van der Waals surface area contributed by atoms with Gasteiger partial charge in [-0.15, -0.1) is 0 Å². The minimum Gasteiger partial charge on any atom is -0.368 e. The van der Waals surface area contributed by atoms with Crippen LogP contribution in [0.3, 0.4) is 0 Å². The number of anilines is 1. The third-order valence-electron chi connectivity index (χ3n) is 4.43. The first-order valence-corrected chi connectivity index (χ1v) is 8.35. The number of benzene rings is 1. The predicted octanol–water partition coefficient (Wildman–Crippen LogP) is 4.54. The van der Waals surface area contributed by atoms with Crippen LogP contribution in [-0.4, -0.2) is 22.6 Å². The van der Waals surface area contributed by atoms with Gasteiger partial charge in [0.05, 0.1) is 17.0 Å². The van der Waals surface area contributed by atoms with Gasteiger partial charge in [0.1, 0.15) is 17.4 Å². The Morgan fingerprint density at radius 1 is 1.50 bits per heavy atom. The van der Waals surface area contributed by atoms with E-state index in [9.17, 15) is 4.39 Å². The lowest BCUT2D eigenvalue weighted by atomic mass is 9.91. The summed E-state index contributed by atoms with van der Waals surface area (Å²) < 4.78 is 14.1. The molecule has 1 heterocycles. The summed E-state index contributed by atoms with van der Waals surface area (Å²) in [5.41, 5.74) is 2.77. The van der Waals surface area contributed by atoms with Crippen molar-refractivity contribution in [3.05, 3.63) is 52.8 Å². The predicted molar refractivity (Wildman–Crippen MR) is 93.3 cm³/mol. The van der Waals surface area contributed by atoms with E-state index in [-0.39, 0.29) is 16.6 Å². The van der Waals surface area contributed by atoms with Crippen LogP contribution >= 0.6 is 11.6 Å². The number of halogens is 2. The van der Waals surface area contributed by atoms with Crippen LogP contribution < -0.4 is 4.90 Å². The van der Waals surface area contributed by atoms with Crippen molar-refractivity contribution < 1.29 is 4.39 Å². The summed E-state index contributed by atoms with van der Waals surface area (Å²) in [4.78, 5) is 9.45. The molecule has 1 unspecified atom stereocenters. The van der Waals surface area contributed by atoms with Gasteiger partial charge in [0.15, 0.2) is 0 Å². The molecule has 0 spiro atoms. The number of rotatable bonds is 4. The van der Waals surface area contributed by atoms with E-state index in [4.69, 9.17) is 16.9 Å². The zero-order chi connectivity index (χ0) is 17.1. The van der Waals surface area contributed by atoms with Crippen LogP contribution in [0.4, 0.5) is 10.1 Å². The molecule has 1 aliphatic rings. The highest BCUT2D eigenvalue weighted by atomic mass is 35.5. The number of hydrogen-bond acceptors (Lipinski definition) is 3. The average molecular weight is 345 g/mol. The van der Waals surface area contributed by atoms with Gasteiger partial charge in [0.2, 0.25) is 0 Å². The number of imidazole rings is 1. The van der Waals surface area contributed by atoms with E-state index in [1.807, 2.05) is 13.1 Å². The van der Waals surface area contributed by atoms with Crippen LogP contribution in [0.25, 0.3) is 5.57 Å². The SMILES string of the molecule is CCN(c1cc(F)c(C#N)c(Cl)c1)C1CCC=C(c2c[nH]cn2)C1. The van der Waals surface area contributed by atoms with E-state index in [2.05, 4.69) is 20.9 Å². The molecule has 0 radical (unpaired) electrons. The van der Waals surface area contributed by atoms with Crippen LogP contribution in [0.15, 0.2) is 30.7 Å². The first-order valence-electron chi connectivity index (χ1n) is 7.98. The van der Waals surface area contributed by atoms with Gasteiger partial charge < -0.3 is 9.88 Å². The molecule has 0 amide bonds. The smallest absolute Gasteiger partial charge is 0.144 e. The van der Waals surface area contributed by atoms with Crippen LogP contribution in [-0.2, 0) is 0 Å². The molecule has 1 aromatic heterocycles. The fourth-order valence-electron chi connectivity index (χ4n) is 3.28. The fraction of sp³-hybridized carbons (Fsp3) is 0.333. The Morgan fingerprint density at radius 3 is 2.96 bits per heavy atom. The quantitative estimate of drug-likeness (QED) is 0.886. The van der Waals surface area contributed by atoms with E-state index < -0.39 is 5.82 Å². The highest BCUT2D eigenvalue weighted by Gasteiger charge is 2.24. The number of H-pyrrole nitrogens is 1. The lowest BCUT2D eigenvalue weighted by Crippen LogP contribution is -2.36. The van der Waals surface area contributed by atoms with Crippen molar-refractivity contribution in [1.82, 2.24) is 9.97 Å². The zero-order valence-electron chi connectivity index (χ0n) is 13.4. The van der Waals surface area contributed by atoms with Crippen molar-refractivity contribution in [2.75, 3.05) is 11.4 Å². The number of nitriles is 1. The van der Waals surface area contributed by atoms with Crippen molar-refractivity contribution in [1.29, 1.82) is 5.26 Å². The van der Waals surface area contributed by atoms with E-state index in [0.29, 0.717) is 5.69 Å². The third-order valence-corrected chi connectivity index (χ3v) is 4.72. The molecule has 24 heavy (non-hydrogen) atoms. The summed E-state index contributed by atoms with van der Waals surface area (Å²) in [5.74, 6) is -0.572. The number of nitrogens with one attached hydrogen (secondary N) is 1. The summed E-state index contributed by atoms with van der Waals surface area (Å²) in [5, 5.41) is 9.13. The molecule has 1 atom stereocenters. The second-order valence-electron chi connectivity index (χ2n) is 5.80. The maximum Gasteiger partial charge on any atom is 0.144 e. The van der Waals surface area contributed by atoms with Crippen molar-refractivity contribution in [2.24, 2.45) is 0 Å². The number of nitrogens with zero attached hydrogens (tertiary/aromatic N) is 3. The van der Waals surface area contributed by atoms with Gasteiger partial charge in [-0.1, -0.05) is 17.7 Å². The molecular formula is C18H18ClFN4. The summed E-state index contributed by atoms with van der Waals surface area (Å²) in [6, 6.07) is 5.14. The van der Waals surface area contributed by atoms with Gasteiger partial charge in [0.25, 0.3) is 0 Å². The fourth-order valence-corrected chi connectivity index (χ4v) is 3.53. The largest absolute Gasteiger partial charge is 0.368 e. The van der Waals surface area contributed by atoms with Gasteiger partial charge in [-0.25, -0.2) is 9.37 Å². The van der Waals surface area contributed by atoms with Crippen LogP contribution in [0.1, 0.15) is 37.4 Å². The first-order chi connectivity index (χ1) is 11.6. The van der Waals surface area contributed by atoms with E-state index in [1.54, 1.807) is 18.5 Å². The normalized spacial score (nSPS) is 17.2. The van der Waals surface area contributed by atoms with Crippen LogP contribution in [0.5, 0.6) is 0 Å². The van der Waals surface area contributed by atoms with Crippen molar-refractivity contribution >= 4 is 22.9 Å². The van der Waals surface area contributed by atoms with Crippen LogP contribution in [0, 0.1) is 17.1 Å². The number of allylic oxidation sites excluding steroid dienone is 1. The van der Waals surface area contributed by atoms with Gasteiger partial charge in [0, 0.05) is 24.5 Å². The zero-order valence-corrected chi connectivity index (χ0v) is 14.1. The first kappa shape index (κ1) is 16.5. The maximum atomic E-state index is 14.1. The highest BCUT2D eigenvalue weighted by molar-refractivity contribution is 6.32. The second kappa shape index (κ2) is 7.06. The number of hydrogen-bond donors (Lipinski definition) is 1. The lowest BCUT2D eigenvalue weighted by molar-refractivity contribution is 0.555. The molecule has 1 N–H and O–H groups in total. The molecular weight excluding hydrogens is 327 g/mol. The Balaban J connectivity index is 1.87. The second-order valence-corrected chi connectivity index (χ2v) is 6.21. The van der Waals surface area contributed by atoms with Crippen molar-refractivity contribution in [2.45, 2.75) is 32.2 Å². The van der Waals surface area contributed by atoms with Gasteiger partial charge in [-0.2, -0.15) is 5.26 Å². The molecule has 0 saturated heterocycles. The maximum absolute atomic E-state index is 14.1. The molecule has 3 rings (SSSR count). The Hall–Kier alpha value is -2.32. The Morgan fingerprint density at radius 2 is 2.33 bits per heavy atom. The van der Waals surface area contributed by atoms with Crippen molar-refractivity contribution in [3.63, 3.8) is 0 Å². The summed E-state index contributed by atoms with van der Waals surface area (Å²) in [6.07, 6.45) is 8.57. The molecule has 2 aromatic rings. The molecule has 0 fully saturated rings. The van der Waals surface area contributed by atoms with Gasteiger partial charge in [-0.3, -0.25) is 0 Å². The van der Waals surface area contributed by atoms with Crippen LogP contribution in [0.2, 0.25) is 5.02 Å². The Labute approximate surface area is 145 Å². The van der Waals surface area contributed by atoms with Crippen molar-refractivity contribution in [3.8, 4) is 6.07 Å². The Kier molecular flexibility index (Phi) is 4.86. The molecule has 0 aliphatic heterocycles. The molecule has 0 bridgehead atoms. The van der Waals surface area contributed by atoms with Gasteiger partial charge in [-0.05, 0) is 43.9 Å². The lowest BCUT2D eigenvalue weighted by Gasteiger charge is -2.35. The number of aromatic amines is 1. The molecule has 1 aliphatic carbocycles. The van der Waals surface area contributed by atoms with E-state index in [0.717, 1.165) is 31.5 Å². The molecule has 124 valence electrons.